The zero-order chi connectivity index (χ0) is 32.6. The van der Waals surface area contributed by atoms with Gasteiger partial charge in [0.05, 0.1) is 36.1 Å². The van der Waals surface area contributed by atoms with Gasteiger partial charge in [-0.2, -0.15) is 5.10 Å². The molecule has 5 aromatic rings. The van der Waals surface area contributed by atoms with Gasteiger partial charge < -0.3 is 23.9 Å². The van der Waals surface area contributed by atoms with E-state index in [1.54, 1.807) is 30.3 Å². The summed E-state index contributed by atoms with van der Waals surface area (Å²) in [4.78, 5) is 30.0. The van der Waals surface area contributed by atoms with Crippen molar-refractivity contribution < 1.29 is 28.5 Å². The van der Waals surface area contributed by atoms with E-state index in [1.807, 2.05) is 69.3 Å². The number of aromatic nitrogens is 1. The molecule has 0 unspecified atom stereocenters. The van der Waals surface area contributed by atoms with E-state index in [0.717, 1.165) is 22.0 Å². The number of benzene rings is 4. The number of fused-ring (bicyclic) bond motifs is 1. The van der Waals surface area contributed by atoms with Crippen LogP contribution in [0.3, 0.4) is 0 Å². The van der Waals surface area contributed by atoms with Gasteiger partial charge in [0.15, 0.2) is 17.2 Å². The predicted molar refractivity (Wildman–Crippen MR) is 186 cm³/mol. The molecule has 0 atom stereocenters. The van der Waals surface area contributed by atoms with E-state index >= 15 is 0 Å². The fourth-order valence-electron chi connectivity index (χ4n) is 4.83. The normalized spacial score (nSPS) is 11.1. The molecule has 0 aliphatic rings. The third-order valence-corrected chi connectivity index (χ3v) is 7.80. The number of hydrogen-bond acceptors (Lipinski definition) is 7. The number of rotatable bonds is 12. The molecule has 0 radical (unpaired) electrons. The summed E-state index contributed by atoms with van der Waals surface area (Å²) in [5.74, 6) is 0.848. The van der Waals surface area contributed by atoms with E-state index in [0.29, 0.717) is 57.3 Å². The van der Waals surface area contributed by atoms with Crippen molar-refractivity contribution in [3.63, 3.8) is 0 Å². The first kappa shape index (κ1) is 32.8. The molecule has 9 nitrogen and oxygen atoms in total. The van der Waals surface area contributed by atoms with E-state index in [1.165, 1.54) is 6.21 Å². The van der Waals surface area contributed by atoms with E-state index in [2.05, 4.69) is 47.4 Å². The third kappa shape index (κ3) is 7.43. The van der Waals surface area contributed by atoms with Crippen LogP contribution in [0, 0.1) is 0 Å². The quantitative estimate of drug-likeness (QED) is 0.0573. The molecule has 46 heavy (non-hydrogen) atoms. The van der Waals surface area contributed by atoms with Crippen LogP contribution in [0.2, 0.25) is 0 Å². The smallest absolute Gasteiger partial charge is 0.343 e. The summed E-state index contributed by atoms with van der Waals surface area (Å²) in [6, 6.07) is 23.6. The maximum Gasteiger partial charge on any atom is 0.343 e. The van der Waals surface area contributed by atoms with Gasteiger partial charge in [-0.3, -0.25) is 4.79 Å². The van der Waals surface area contributed by atoms with Crippen molar-refractivity contribution in [1.29, 1.82) is 0 Å². The standard InChI is InChI=1S/C35H31Br2N3O6/c1-4-43-25-13-14-28-26(19-25)31(21-10-8-7-9-11-21)32(39-28)34(41)40-38-20-23-16-24(36)18-27(37)33(23)46-35(42)22-12-15-29(44-5-2)30(17-22)45-6-3/h7-20,39H,4-6H2,1-3H3,(H,40,41). The Morgan fingerprint density at radius 1 is 0.848 bits per heavy atom. The van der Waals surface area contributed by atoms with Gasteiger partial charge in [-0.05, 0) is 90.8 Å². The summed E-state index contributed by atoms with van der Waals surface area (Å²) in [6.07, 6.45) is 1.41. The highest BCUT2D eigenvalue weighted by molar-refractivity contribution is 9.11. The van der Waals surface area contributed by atoms with Crippen molar-refractivity contribution in [2.24, 2.45) is 5.10 Å². The summed E-state index contributed by atoms with van der Waals surface area (Å²) in [5, 5.41) is 5.07. The molecule has 2 N–H and O–H groups in total. The van der Waals surface area contributed by atoms with Crippen LogP contribution >= 0.6 is 31.9 Å². The topological polar surface area (TPSA) is 111 Å². The average Bonchev–Trinajstić information content (AvgIpc) is 3.43. The van der Waals surface area contributed by atoms with Crippen molar-refractivity contribution in [2.45, 2.75) is 20.8 Å². The average molecular weight is 749 g/mol. The Balaban J connectivity index is 1.42. The van der Waals surface area contributed by atoms with E-state index in [9.17, 15) is 9.59 Å². The minimum Gasteiger partial charge on any atom is -0.494 e. The Labute approximate surface area is 283 Å². The molecule has 0 bridgehead atoms. The largest absolute Gasteiger partial charge is 0.494 e. The number of carbonyl (C=O) groups excluding carboxylic acids is 2. The van der Waals surface area contributed by atoms with Crippen molar-refractivity contribution in [3.8, 4) is 34.1 Å². The molecule has 11 heteroatoms. The lowest BCUT2D eigenvalue weighted by atomic mass is 10.0. The summed E-state index contributed by atoms with van der Waals surface area (Å²) in [6.45, 7) is 7.03. The maximum absolute atomic E-state index is 13.5. The first-order chi connectivity index (χ1) is 22.3. The van der Waals surface area contributed by atoms with Crippen LogP contribution in [0.1, 0.15) is 47.2 Å². The minimum absolute atomic E-state index is 0.220. The molecule has 1 aromatic heterocycles. The van der Waals surface area contributed by atoms with Crippen molar-refractivity contribution in [3.05, 3.63) is 105 Å². The molecule has 1 amide bonds. The number of nitrogens with one attached hydrogen (secondary N) is 2. The zero-order valence-electron chi connectivity index (χ0n) is 25.4. The first-order valence-corrected chi connectivity index (χ1v) is 16.2. The molecule has 1 heterocycles. The Morgan fingerprint density at radius 3 is 2.33 bits per heavy atom. The van der Waals surface area contributed by atoms with Gasteiger partial charge >= 0.3 is 5.97 Å². The van der Waals surface area contributed by atoms with E-state index in [4.69, 9.17) is 18.9 Å². The van der Waals surface area contributed by atoms with Crippen molar-refractivity contribution >= 4 is 60.9 Å². The van der Waals surface area contributed by atoms with Gasteiger partial charge in [-0.1, -0.05) is 46.3 Å². The summed E-state index contributed by atoms with van der Waals surface area (Å²) in [5.41, 5.74) is 6.04. The second-order valence-corrected chi connectivity index (χ2v) is 11.6. The number of carbonyl (C=O) groups is 2. The number of hydrazone groups is 1. The Kier molecular flexibility index (Phi) is 10.8. The van der Waals surface area contributed by atoms with Gasteiger partial charge in [0.2, 0.25) is 0 Å². The second kappa shape index (κ2) is 15.1. The Hall–Kier alpha value is -4.61. The summed E-state index contributed by atoms with van der Waals surface area (Å²) >= 11 is 6.96. The lowest BCUT2D eigenvalue weighted by molar-refractivity contribution is 0.0732. The number of esters is 1. The molecule has 0 aliphatic heterocycles. The number of ether oxygens (including phenoxy) is 4. The van der Waals surface area contributed by atoms with Crippen LogP contribution < -0.4 is 24.4 Å². The highest BCUT2D eigenvalue weighted by Gasteiger charge is 2.21. The third-order valence-electron chi connectivity index (χ3n) is 6.75. The number of aromatic amines is 1. The molecule has 5 rings (SSSR count). The van der Waals surface area contributed by atoms with Crippen LogP contribution in [-0.4, -0.2) is 42.9 Å². The molecule has 0 aliphatic carbocycles. The van der Waals surface area contributed by atoms with Crippen LogP contribution in [0.5, 0.6) is 23.0 Å². The maximum atomic E-state index is 13.5. The molecule has 4 aromatic carbocycles. The highest BCUT2D eigenvalue weighted by Crippen LogP contribution is 2.36. The number of H-pyrrole nitrogens is 1. The van der Waals surface area contributed by atoms with Gasteiger partial charge in [0.1, 0.15) is 11.4 Å². The minimum atomic E-state index is -0.609. The van der Waals surface area contributed by atoms with E-state index in [-0.39, 0.29) is 11.3 Å². The van der Waals surface area contributed by atoms with Gasteiger partial charge in [0.25, 0.3) is 5.91 Å². The van der Waals surface area contributed by atoms with Gasteiger partial charge in [-0.15, -0.1) is 0 Å². The van der Waals surface area contributed by atoms with Crippen molar-refractivity contribution in [2.75, 3.05) is 19.8 Å². The molecular weight excluding hydrogens is 718 g/mol. The lowest BCUT2D eigenvalue weighted by Gasteiger charge is -2.13. The number of halogens is 2. The lowest BCUT2D eigenvalue weighted by Crippen LogP contribution is -2.19. The summed E-state index contributed by atoms with van der Waals surface area (Å²) in [7, 11) is 0. The van der Waals surface area contributed by atoms with Gasteiger partial charge in [0, 0.05) is 26.5 Å². The number of nitrogens with zero attached hydrogens (tertiary/aromatic N) is 1. The van der Waals surface area contributed by atoms with Crippen LogP contribution in [0.4, 0.5) is 0 Å². The SMILES string of the molecule is CCOc1ccc2[nH]c(C(=O)NN=Cc3cc(Br)cc(Br)c3OC(=O)c3ccc(OCC)c(OCC)c3)c(-c3ccccc3)c2c1. The number of hydrogen-bond donors (Lipinski definition) is 2. The molecular formula is C35H31Br2N3O6. The fraction of sp³-hybridized carbons (Fsp3) is 0.171. The zero-order valence-corrected chi connectivity index (χ0v) is 28.5. The van der Waals surface area contributed by atoms with Crippen LogP contribution in [0.25, 0.3) is 22.0 Å². The molecule has 0 saturated carbocycles. The molecule has 0 fully saturated rings. The summed E-state index contributed by atoms with van der Waals surface area (Å²) < 4.78 is 24.0. The highest BCUT2D eigenvalue weighted by atomic mass is 79.9. The molecule has 0 saturated heterocycles. The first-order valence-electron chi connectivity index (χ1n) is 14.6. The van der Waals surface area contributed by atoms with Crippen molar-refractivity contribution in [1.82, 2.24) is 10.4 Å². The van der Waals surface area contributed by atoms with E-state index < -0.39 is 11.9 Å². The predicted octanol–water partition coefficient (Wildman–Crippen LogP) is 8.54. The van der Waals surface area contributed by atoms with Crippen LogP contribution in [0.15, 0.2) is 92.9 Å². The monoisotopic (exact) mass is 747 g/mol. The molecule has 236 valence electrons. The van der Waals surface area contributed by atoms with Gasteiger partial charge in [-0.25, -0.2) is 10.2 Å². The fourth-order valence-corrected chi connectivity index (χ4v) is 6.17. The van der Waals surface area contributed by atoms with Crippen LogP contribution in [-0.2, 0) is 0 Å². The Bertz CT molecular complexity index is 1910. The Morgan fingerprint density at radius 2 is 1.59 bits per heavy atom. The number of amides is 1. The molecule has 0 spiro atoms. The second-order valence-electron chi connectivity index (χ2n) is 9.80.